The van der Waals surface area contributed by atoms with Gasteiger partial charge in [0.25, 0.3) is 0 Å². The first-order valence-electron chi connectivity index (χ1n) is 5.68. The summed E-state index contributed by atoms with van der Waals surface area (Å²) in [6.07, 6.45) is 6.07. The van der Waals surface area contributed by atoms with Crippen LogP contribution in [0.4, 0.5) is 0 Å². The average molecular weight is 223 g/mol. The van der Waals surface area contributed by atoms with E-state index in [4.69, 9.17) is 4.74 Å². The number of carbonyl (C=O) groups excluding carboxylic acids is 1. The first kappa shape index (κ1) is 11.1. The molecule has 5 nitrogen and oxygen atoms in total. The van der Waals surface area contributed by atoms with Crippen LogP contribution in [0.15, 0.2) is 12.4 Å². The summed E-state index contributed by atoms with van der Waals surface area (Å²) < 4.78 is 5.42. The van der Waals surface area contributed by atoms with E-state index < -0.39 is 0 Å². The summed E-state index contributed by atoms with van der Waals surface area (Å²) in [6, 6.07) is -0.104. The zero-order valence-electron chi connectivity index (χ0n) is 9.40. The van der Waals surface area contributed by atoms with Crippen molar-refractivity contribution in [2.24, 2.45) is 0 Å². The van der Waals surface area contributed by atoms with E-state index in [0.717, 1.165) is 25.1 Å². The van der Waals surface area contributed by atoms with Crippen molar-refractivity contribution in [2.75, 3.05) is 6.61 Å². The Morgan fingerprint density at radius 2 is 2.56 bits per heavy atom. The number of carbonyl (C=O) groups is 1. The number of aromatic amines is 1. The second-order valence-electron chi connectivity index (χ2n) is 4.06. The van der Waals surface area contributed by atoms with E-state index >= 15 is 0 Å². The van der Waals surface area contributed by atoms with Crippen LogP contribution in [0.1, 0.15) is 38.1 Å². The van der Waals surface area contributed by atoms with Crippen LogP contribution in [0.25, 0.3) is 0 Å². The Balaban J connectivity index is 1.86. The van der Waals surface area contributed by atoms with Crippen molar-refractivity contribution in [3.63, 3.8) is 0 Å². The van der Waals surface area contributed by atoms with Crippen LogP contribution in [-0.4, -0.2) is 28.6 Å². The van der Waals surface area contributed by atoms with Crippen molar-refractivity contribution in [1.29, 1.82) is 0 Å². The second-order valence-corrected chi connectivity index (χ2v) is 4.06. The van der Waals surface area contributed by atoms with Crippen LogP contribution in [0.5, 0.6) is 0 Å². The molecule has 1 aliphatic rings. The monoisotopic (exact) mass is 223 g/mol. The van der Waals surface area contributed by atoms with Crippen LogP contribution in [0.2, 0.25) is 0 Å². The standard InChI is InChI=1S/C11H17N3O2/c1-8(10-12-5-6-13-10)14-11(15)9-4-2-3-7-16-9/h5-6,8-9H,2-4,7H2,1H3,(H,12,13)(H,14,15). The van der Waals surface area contributed by atoms with Gasteiger partial charge in [0.05, 0.1) is 6.04 Å². The molecular weight excluding hydrogens is 206 g/mol. The van der Waals surface area contributed by atoms with Gasteiger partial charge < -0.3 is 15.0 Å². The lowest BCUT2D eigenvalue weighted by atomic mass is 10.1. The SMILES string of the molecule is CC(NC(=O)C1CCCCO1)c1ncc[nH]1. The van der Waals surface area contributed by atoms with Crippen LogP contribution in [0.3, 0.4) is 0 Å². The molecule has 2 N–H and O–H groups in total. The Kier molecular flexibility index (Phi) is 3.56. The highest BCUT2D eigenvalue weighted by molar-refractivity contribution is 5.81. The van der Waals surface area contributed by atoms with Crippen molar-refractivity contribution < 1.29 is 9.53 Å². The molecule has 2 heterocycles. The van der Waals surface area contributed by atoms with Crippen LogP contribution in [-0.2, 0) is 9.53 Å². The van der Waals surface area contributed by atoms with E-state index in [9.17, 15) is 4.79 Å². The molecular formula is C11H17N3O2. The van der Waals surface area contributed by atoms with Gasteiger partial charge >= 0.3 is 0 Å². The number of H-pyrrole nitrogens is 1. The van der Waals surface area contributed by atoms with Gasteiger partial charge in [0.15, 0.2) is 0 Å². The van der Waals surface area contributed by atoms with Gasteiger partial charge in [0.2, 0.25) is 5.91 Å². The Labute approximate surface area is 94.6 Å². The number of aromatic nitrogens is 2. The molecule has 2 atom stereocenters. The van der Waals surface area contributed by atoms with Crippen molar-refractivity contribution in [3.8, 4) is 0 Å². The van der Waals surface area contributed by atoms with Crippen molar-refractivity contribution >= 4 is 5.91 Å². The zero-order valence-corrected chi connectivity index (χ0v) is 9.40. The molecule has 1 aromatic rings. The number of ether oxygens (including phenoxy) is 1. The number of hydrogen-bond donors (Lipinski definition) is 2. The van der Waals surface area contributed by atoms with Gasteiger partial charge in [0.1, 0.15) is 11.9 Å². The number of hydrogen-bond acceptors (Lipinski definition) is 3. The highest BCUT2D eigenvalue weighted by Crippen LogP contribution is 2.14. The second kappa shape index (κ2) is 5.12. The molecule has 0 aliphatic carbocycles. The lowest BCUT2D eigenvalue weighted by Gasteiger charge is -2.23. The maximum absolute atomic E-state index is 11.8. The predicted octanol–water partition coefficient (Wildman–Crippen LogP) is 1.16. The molecule has 0 aromatic carbocycles. The van der Waals surface area contributed by atoms with Crippen molar-refractivity contribution in [3.05, 3.63) is 18.2 Å². The fourth-order valence-electron chi connectivity index (χ4n) is 1.84. The van der Waals surface area contributed by atoms with Gasteiger partial charge in [-0.3, -0.25) is 4.79 Å². The van der Waals surface area contributed by atoms with Gasteiger partial charge in [0, 0.05) is 19.0 Å². The van der Waals surface area contributed by atoms with Gasteiger partial charge in [-0.05, 0) is 26.2 Å². The van der Waals surface area contributed by atoms with Crippen LogP contribution < -0.4 is 5.32 Å². The summed E-state index contributed by atoms with van der Waals surface area (Å²) in [4.78, 5) is 18.9. The van der Waals surface area contributed by atoms with E-state index in [-0.39, 0.29) is 18.1 Å². The largest absolute Gasteiger partial charge is 0.368 e. The molecule has 1 amide bonds. The molecule has 0 bridgehead atoms. The first-order valence-corrected chi connectivity index (χ1v) is 5.68. The molecule has 88 valence electrons. The number of nitrogens with zero attached hydrogens (tertiary/aromatic N) is 1. The maximum atomic E-state index is 11.8. The summed E-state index contributed by atoms with van der Waals surface area (Å²) in [6.45, 7) is 2.59. The van der Waals surface area contributed by atoms with E-state index in [1.807, 2.05) is 6.92 Å². The predicted molar refractivity (Wildman–Crippen MR) is 58.7 cm³/mol. The van der Waals surface area contributed by atoms with E-state index in [1.54, 1.807) is 12.4 Å². The molecule has 1 saturated heterocycles. The summed E-state index contributed by atoms with van der Waals surface area (Å²) in [5.41, 5.74) is 0. The van der Waals surface area contributed by atoms with E-state index in [1.165, 1.54) is 0 Å². The van der Waals surface area contributed by atoms with E-state index in [2.05, 4.69) is 15.3 Å². The molecule has 1 aromatic heterocycles. The minimum atomic E-state index is -0.286. The Morgan fingerprint density at radius 3 is 3.19 bits per heavy atom. The normalized spacial score (nSPS) is 22.7. The topological polar surface area (TPSA) is 67.0 Å². The Hall–Kier alpha value is -1.36. The third-order valence-corrected chi connectivity index (χ3v) is 2.76. The lowest BCUT2D eigenvalue weighted by molar-refractivity contribution is -0.136. The van der Waals surface area contributed by atoms with Gasteiger partial charge in [-0.1, -0.05) is 0 Å². The number of amides is 1. The molecule has 2 unspecified atom stereocenters. The quantitative estimate of drug-likeness (QED) is 0.808. The lowest BCUT2D eigenvalue weighted by Crippen LogP contribution is -2.39. The molecule has 1 fully saturated rings. The van der Waals surface area contributed by atoms with Crippen LogP contribution in [0, 0.1) is 0 Å². The van der Waals surface area contributed by atoms with Gasteiger partial charge in [-0.25, -0.2) is 4.98 Å². The molecule has 1 aliphatic heterocycles. The minimum Gasteiger partial charge on any atom is -0.368 e. The van der Waals surface area contributed by atoms with Gasteiger partial charge in [-0.2, -0.15) is 0 Å². The Morgan fingerprint density at radius 1 is 1.69 bits per heavy atom. The van der Waals surface area contributed by atoms with Crippen LogP contribution >= 0.6 is 0 Å². The summed E-state index contributed by atoms with van der Waals surface area (Å²) in [7, 11) is 0. The smallest absolute Gasteiger partial charge is 0.249 e. The highest BCUT2D eigenvalue weighted by atomic mass is 16.5. The summed E-state index contributed by atoms with van der Waals surface area (Å²) in [5.74, 6) is 0.729. The molecule has 0 saturated carbocycles. The summed E-state index contributed by atoms with van der Waals surface area (Å²) in [5, 5.41) is 2.89. The highest BCUT2D eigenvalue weighted by Gasteiger charge is 2.23. The third kappa shape index (κ3) is 2.61. The van der Waals surface area contributed by atoms with Crippen molar-refractivity contribution in [2.45, 2.75) is 38.3 Å². The molecule has 5 heteroatoms. The molecule has 0 radical (unpaired) electrons. The average Bonchev–Trinajstić information content (AvgIpc) is 2.83. The number of nitrogens with one attached hydrogen (secondary N) is 2. The minimum absolute atomic E-state index is 0.0383. The van der Waals surface area contributed by atoms with E-state index in [0.29, 0.717) is 6.61 Å². The molecule has 16 heavy (non-hydrogen) atoms. The number of imidazole rings is 1. The maximum Gasteiger partial charge on any atom is 0.249 e. The molecule has 2 rings (SSSR count). The zero-order chi connectivity index (χ0) is 11.4. The van der Waals surface area contributed by atoms with Crippen molar-refractivity contribution in [1.82, 2.24) is 15.3 Å². The summed E-state index contributed by atoms with van der Waals surface area (Å²) >= 11 is 0. The fourth-order valence-corrected chi connectivity index (χ4v) is 1.84. The molecule has 0 spiro atoms. The fraction of sp³-hybridized carbons (Fsp3) is 0.636. The first-order chi connectivity index (χ1) is 7.77. The van der Waals surface area contributed by atoms with Gasteiger partial charge in [-0.15, -0.1) is 0 Å². The third-order valence-electron chi connectivity index (χ3n) is 2.76. The number of rotatable bonds is 3. The Bertz CT molecular complexity index is 331.